The van der Waals surface area contributed by atoms with Crippen LogP contribution >= 0.6 is 0 Å². The fraction of sp³-hybridized carbons (Fsp3) is 0.467. The predicted octanol–water partition coefficient (Wildman–Crippen LogP) is 1.46. The van der Waals surface area contributed by atoms with E-state index >= 15 is 0 Å². The molecule has 0 radical (unpaired) electrons. The van der Waals surface area contributed by atoms with E-state index in [1.807, 2.05) is 6.92 Å². The number of ketones is 1. The Labute approximate surface area is 111 Å². The van der Waals surface area contributed by atoms with Gasteiger partial charge in [-0.1, -0.05) is 12.2 Å². The predicted molar refractivity (Wildman–Crippen MR) is 68.2 cm³/mol. The Balaban J connectivity index is 2.20. The number of hydrogen-bond donors (Lipinski definition) is 1. The molecule has 3 aliphatic rings. The number of ether oxygens (including phenoxy) is 1. The molecule has 2 aliphatic carbocycles. The molecule has 2 bridgehead atoms. The molecule has 19 heavy (non-hydrogen) atoms. The minimum atomic E-state index is -1.03. The summed E-state index contributed by atoms with van der Waals surface area (Å²) in [6.45, 7) is 5.44. The van der Waals surface area contributed by atoms with Crippen LogP contribution in [0.1, 0.15) is 26.2 Å². The molecule has 1 saturated heterocycles. The van der Waals surface area contributed by atoms with Gasteiger partial charge in [0.2, 0.25) is 0 Å². The fourth-order valence-electron chi connectivity index (χ4n) is 3.48. The topological polar surface area (TPSA) is 63.6 Å². The van der Waals surface area contributed by atoms with Gasteiger partial charge in [0.25, 0.3) is 0 Å². The molecule has 1 fully saturated rings. The smallest absolute Gasteiger partial charge is 0.334 e. The van der Waals surface area contributed by atoms with Crippen molar-refractivity contribution >= 4 is 11.8 Å². The third kappa shape index (κ3) is 1.49. The van der Waals surface area contributed by atoms with Gasteiger partial charge in [-0.15, -0.1) is 0 Å². The van der Waals surface area contributed by atoms with Crippen molar-refractivity contribution in [3.8, 4) is 0 Å². The first-order valence-corrected chi connectivity index (χ1v) is 6.48. The van der Waals surface area contributed by atoms with Gasteiger partial charge in [0, 0.05) is 23.1 Å². The lowest BCUT2D eigenvalue weighted by atomic mass is 9.77. The lowest BCUT2D eigenvalue weighted by Crippen LogP contribution is -2.45. The minimum absolute atomic E-state index is 0.0227. The Morgan fingerprint density at radius 3 is 2.95 bits per heavy atom. The van der Waals surface area contributed by atoms with E-state index in [0.717, 1.165) is 18.4 Å². The van der Waals surface area contributed by atoms with E-state index in [0.29, 0.717) is 23.1 Å². The number of rotatable bonds is 1. The van der Waals surface area contributed by atoms with Crippen LogP contribution in [0.4, 0.5) is 0 Å². The maximum atomic E-state index is 12.2. The molecule has 1 spiro atoms. The number of carbonyl (C=O) groups excluding carboxylic acids is 2. The molecule has 4 nitrogen and oxygen atoms in total. The summed E-state index contributed by atoms with van der Waals surface area (Å²) in [6, 6.07) is 0. The Morgan fingerprint density at radius 2 is 2.26 bits per heavy atom. The van der Waals surface area contributed by atoms with Crippen LogP contribution in [-0.4, -0.2) is 29.1 Å². The summed E-state index contributed by atoms with van der Waals surface area (Å²) in [4.78, 5) is 24.2. The van der Waals surface area contributed by atoms with Gasteiger partial charge in [-0.3, -0.25) is 4.79 Å². The van der Waals surface area contributed by atoms with Crippen LogP contribution in [0.2, 0.25) is 0 Å². The largest absolute Gasteiger partial charge is 0.446 e. The Bertz CT molecular complexity index is 567. The number of esters is 1. The third-order valence-electron chi connectivity index (χ3n) is 4.49. The molecule has 1 aliphatic heterocycles. The van der Waals surface area contributed by atoms with E-state index in [2.05, 4.69) is 6.58 Å². The molecule has 0 aromatic heterocycles. The monoisotopic (exact) mass is 260 g/mol. The van der Waals surface area contributed by atoms with Gasteiger partial charge in [-0.2, -0.15) is 0 Å². The third-order valence-corrected chi connectivity index (χ3v) is 4.49. The molecule has 0 aromatic rings. The highest BCUT2D eigenvalue weighted by Gasteiger charge is 2.55. The number of fused-ring (bicyclic) bond motifs is 1. The fourth-order valence-corrected chi connectivity index (χ4v) is 3.48. The zero-order chi connectivity index (χ0) is 13.8. The van der Waals surface area contributed by atoms with Crippen LogP contribution in [0.3, 0.4) is 0 Å². The molecule has 0 saturated carbocycles. The maximum absolute atomic E-state index is 12.2. The zero-order valence-electron chi connectivity index (χ0n) is 10.9. The molecule has 100 valence electrons. The van der Waals surface area contributed by atoms with Crippen molar-refractivity contribution in [3.63, 3.8) is 0 Å². The summed E-state index contributed by atoms with van der Waals surface area (Å²) in [5.74, 6) is -0.561. The van der Waals surface area contributed by atoms with E-state index in [-0.39, 0.29) is 18.3 Å². The van der Waals surface area contributed by atoms with Crippen molar-refractivity contribution in [2.75, 3.05) is 6.61 Å². The molecule has 0 unspecified atom stereocenters. The molecule has 3 rings (SSSR count). The SMILES string of the molecule is C=C1C(=O)O[C@]23C[C@H]1CCC(C)=C2C(=O)C=C3CO. The van der Waals surface area contributed by atoms with Crippen LogP contribution in [0.15, 0.2) is 34.9 Å². The van der Waals surface area contributed by atoms with Crippen molar-refractivity contribution in [1.82, 2.24) is 0 Å². The zero-order valence-corrected chi connectivity index (χ0v) is 10.9. The number of allylic oxidation sites excluding steroid dienone is 2. The normalized spacial score (nSPS) is 33.9. The highest BCUT2D eigenvalue weighted by Crippen LogP contribution is 2.51. The molecule has 0 amide bonds. The number of aliphatic hydroxyl groups is 1. The van der Waals surface area contributed by atoms with Gasteiger partial charge in [0.15, 0.2) is 11.4 Å². The molecule has 0 aromatic carbocycles. The van der Waals surface area contributed by atoms with Gasteiger partial charge < -0.3 is 9.84 Å². The molecular weight excluding hydrogens is 244 g/mol. The van der Waals surface area contributed by atoms with Gasteiger partial charge in [0.1, 0.15) is 0 Å². The van der Waals surface area contributed by atoms with E-state index in [1.165, 1.54) is 6.08 Å². The quantitative estimate of drug-likeness (QED) is 0.572. The van der Waals surface area contributed by atoms with Gasteiger partial charge >= 0.3 is 5.97 Å². The lowest BCUT2D eigenvalue weighted by Gasteiger charge is -2.39. The van der Waals surface area contributed by atoms with E-state index in [9.17, 15) is 14.7 Å². The summed E-state index contributed by atoms with van der Waals surface area (Å²) >= 11 is 0. The Hall–Kier alpha value is -1.68. The van der Waals surface area contributed by atoms with Gasteiger partial charge in [-0.05, 0) is 31.8 Å². The van der Waals surface area contributed by atoms with Crippen LogP contribution in [-0.2, 0) is 14.3 Å². The first-order valence-electron chi connectivity index (χ1n) is 6.48. The average molecular weight is 260 g/mol. The summed E-state index contributed by atoms with van der Waals surface area (Å²) in [7, 11) is 0. The highest BCUT2D eigenvalue weighted by molar-refractivity contribution is 6.11. The molecule has 1 N–H and O–H groups in total. The van der Waals surface area contributed by atoms with Crippen LogP contribution in [0, 0.1) is 5.92 Å². The lowest BCUT2D eigenvalue weighted by molar-refractivity contribution is -0.154. The second-order valence-corrected chi connectivity index (χ2v) is 5.53. The highest BCUT2D eigenvalue weighted by atomic mass is 16.6. The van der Waals surface area contributed by atoms with Crippen LogP contribution in [0.25, 0.3) is 0 Å². The second kappa shape index (κ2) is 3.90. The molecular formula is C15H16O4. The maximum Gasteiger partial charge on any atom is 0.334 e. The number of aliphatic hydroxyl groups excluding tert-OH is 1. The summed E-state index contributed by atoms with van der Waals surface area (Å²) < 4.78 is 5.56. The van der Waals surface area contributed by atoms with Crippen molar-refractivity contribution in [2.45, 2.75) is 31.8 Å². The standard InChI is InChI=1S/C15H16O4/c1-8-3-4-10-6-15(19-14(18)9(10)2)11(7-16)5-12(17)13(8)15/h5,10,16H,2-4,6-7H2,1H3/t10-,15+/m1/s1. The second-order valence-electron chi connectivity index (χ2n) is 5.53. The van der Waals surface area contributed by atoms with Gasteiger partial charge in [0.05, 0.1) is 6.61 Å². The van der Waals surface area contributed by atoms with Crippen molar-refractivity contribution in [3.05, 3.63) is 34.9 Å². The van der Waals surface area contributed by atoms with Crippen molar-refractivity contribution in [2.24, 2.45) is 5.92 Å². The molecule has 4 heteroatoms. The van der Waals surface area contributed by atoms with Crippen molar-refractivity contribution in [1.29, 1.82) is 0 Å². The molecule has 2 atom stereocenters. The average Bonchev–Trinajstić information content (AvgIpc) is 2.55. The Kier molecular flexibility index (Phi) is 2.54. The van der Waals surface area contributed by atoms with Gasteiger partial charge in [-0.25, -0.2) is 4.79 Å². The first-order chi connectivity index (χ1) is 8.99. The van der Waals surface area contributed by atoms with E-state index < -0.39 is 11.6 Å². The van der Waals surface area contributed by atoms with Crippen LogP contribution < -0.4 is 0 Å². The number of carbonyl (C=O) groups is 2. The van der Waals surface area contributed by atoms with Crippen LogP contribution in [0.5, 0.6) is 0 Å². The minimum Gasteiger partial charge on any atom is -0.446 e. The van der Waals surface area contributed by atoms with Crippen molar-refractivity contribution < 1.29 is 19.4 Å². The summed E-state index contributed by atoms with van der Waals surface area (Å²) in [6.07, 6.45) is 3.51. The molecule has 1 heterocycles. The first kappa shape index (κ1) is 12.4. The summed E-state index contributed by atoms with van der Waals surface area (Å²) in [5.41, 5.74) is 1.46. The Morgan fingerprint density at radius 1 is 1.53 bits per heavy atom. The summed E-state index contributed by atoms with van der Waals surface area (Å²) in [5, 5.41) is 9.50. The van der Waals surface area contributed by atoms with E-state index in [4.69, 9.17) is 4.74 Å². The van der Waals surface area contributed by atoms with E-state index in [1.54, 1.807) is 0 Å². The number of hydrogen-bond acceptors (Lipinski definition) is 4.